The second-order valence-electron chi connectivity index (χ2n) is 6.54. The van der Waals surface area contributed by atoms with Crippen LogP contribution in [0.15, 0.2) is 54.6 Å². The molecule has 0 saturated carbocycles. The van der Waals surface area contributed by atoms with Crippen molar-refractivity contribution in [3.8, 4) is 0 Å². The summed E-state index contributed by atoms with van der Waals surface area (Å²) < 4.78 is 5.09. The largest absolute Gasteiger partial charge is 0.380 e. The van der Waals surface area contributed by atoms with Gasteiger partial charge in [0.1, 0.15) is 0 Å². The molecule has 5 nitrogen and oxygen atoms in total. The van der Waals surface area contributed by atoms with Crippen molar-refractivity contribution in [1.29, 1.82) is 0 Å². The first kappa shape index (κ1) is 18.1. The quantitative estimate of drug-likeness (QED) is 0.900. The Morgan fingerprint density at radius 1 is 1.00 bits per heavy atom. The van der Waals surface area contributed by atoms with Crippen LogP contribution >= 0.6 is 0 Å². The summed E-state index contributed by atoms with van der Waals surface area (Å²) in [5.41, 5.74) is 2.41. The summed E-state index contributed by atoms with van der Waals surface area (Å²) in [6, 6.07) is 16.9. The molecule has 1 saturated heterocycles. The third kappa shape index (κ3) is 4.49. The van der Waals surface area contributed by atoms with Gasteiger partial charge in [-0.25, -0.2) is 0 Å². The molecule has 5 heteroatoms. The molecule has 1 aliphatic rings. The van der Waals surface area contributed by atoms with Gasteiger partial charge in [-0.05, 0) is 42.7 Å². The van der Waals surface area contributed by atoms with Crippen LogP contribution < -0.4 is 5.32 Å². The van der Waals surface area contributed by atoms with E-state index < -0.39 is 0 Å². The van der Waals surface area contributed by atoms with Crippen molar-refractivity contribution in [2.75, 3.05) is 20.2 Å². The fourth-order valence-corrected chi connectivity index (χ4v) is 3.18. The molecular weight excluding hydrogens is 328 g/mol. The highest BCUT2D eigenvalue weighted by molar-refractivity contribution is 5.95. The van der Waals surface area contributed by atoms with Gasteiger partial charge in [-0.3, -0.25) is 9.59 Å². The van der Waals surface area contributed by atoms with Gasteiger partial charge < -0.3 is 15.0 Å². The number of carbonyl (C=O) groups excluding carboxylic acids is 2. The summed E-state index contributed by atoms with van der Waals surface area (Å²) in [6.45, 7) is 1.85. The third-order valence-corrected chi connectivity index (χ3v) is 4.67. The number of amides is 2. The molecule has 26 heavy (non-hydrogen) atoms. The van der Waals surface area contributed by atoms with Crippen molar-refractivity contribution in [3.63, 3.8) is 0 Å². The minimum absolute atomic E-state index is 0.0433. The molecule has 1 aliphatic heterocycles. The molecule has 2 aromatic rings. The number of hydrogen-bond donors (Lipinski definition) is 1. The van der Waals surface area contributed by atoms with E-state index in [0.717, 1.165) is 18.4 Å². The normalized spacial score (nSPS) is 14.9. The molecule has 0 aromatic heterocycles. The Labute approximate surface area is 154 Å². The van der Waals surface area contributed by atoms with E-state index in [-0.39, 0.29) is 17.9 Å². The summed E-state index contributed by atoms with van der Waals surface area (Å²) in [6.07, 6.45) is 1.54. The molecule has 3 rings (SSSR count). The second kappa shape index (κ2) is 8.63. The Morgan fingerprint density at radius 3 is 2.27 bits per heavy atom. The predicted octanol–water partition coefficient (Wildman–Crippen LogP) is 2.87. The number of hydrogen-bond acceptors (Lipinski definition) is 3. The van der Waals surface area contributed by atoms with Crippen LogP contribution in [0.2, 0.25) is 0 Å². The average molecular weight is 352 g/mol. The first-order valence-corrected chi connectivity index (χ1v) is 8.90. The van der Waals surface area contributed by atoms with Gasteiger partial charge in [0.15, 0.2) is 0 Å². The molecule has 2 amide bonds. The third-order valence-electron chi connectivity index (χ3n) is 4.67. The summed E-state index contributed by atoms with van der Waals surface area (Å²) in [4.78, 5) is 26.7. The molecule has 0 atom stereocenters. The van der Waals surface area contributed by atoms with Crippen LogP contribution in [0.1, 0.15) is 39.1 Å². The minimum atomic E-state index is -0.0518. The first-order valence-electron chi connectivity index (χ1n) is 8.90. The van der Waals surface area contributed by atoms with E-state index in [0.29, 0.717) is 30.8 Å². The SMILES string of the molecule is COCc1ccc(C(=O)N2CCC(NC(=O)c3ccccc3)CC2)cc1. The zero-order chi connectivity index (χ0) is 18.4. The average Bonchev–Trinajstić information content (AvgIpc) is 2.69. The monoisotopic (exact) mass is 352 g/mol. The molecule has 1 heterocycles. The highest BCUT2D eigenvalue weighted by Gasteiger charge is 2.24. The minimum Gasteiger partial charge on any atom is -0.380 e. The van der Waals surface area contributed by atoms with Crippen molar-refractivity contribution in [1.82, 2.24) is 10.2 Å². The Kier molecular flexibility index (Phi) is 6.02. The topological polar surface area (TPSA) is 58.6 Å². The highest BCUT2D eigenvalue weighted by atomic mass is 16.5. The maximum Gasteiger partial charge on any atom is 0.253 e. The predicted molar refractivity (Wildman–Crippen MR) is 100.0 cm³/mol. The molecule has 2 aromatic carbocycles. The fraction of sp³-hybridized carbons (Fsp3) is 0.333. The number of rotatable bonds is 5. The van der Waals surface area contributed by atoms with Crippen LogP contribution in [-0.2, 0) is 11.3 Å². The van der Waals surface area contributed by atoms with E-state index in [4.69, 9.17) is 4.74 Å². The molecule has 1 N–H and O–H groups in total. The molecule has 136 valence electrons. The summed E-state index contributed by atoms with van der Waals surface area (Å²) in [5.74, 6) is -0.00842. The number of carbonyl (C=O) groups is 2. The van der Waals surface area contributed by atoms with E-state index in [1.54, 1.807) is 19.2 Å². The number of benzene rings is 2. The van der Waals surface area contributed by atoms with Crippen molar-refractivity contribution in [2.24, 2.45) is 0 Å². The smallest absolute Gasteiger partial charge is 0.253 e. The van der Waals surface area contributed by atoms with Gasteiger partial charge in [0.25, 0.3) is 11.8 Å². The molecule has 0 bridgehead atoms. The lowest BCUT2D eigenvalue weighted by atomic mass is 10.0. The first-order chi connectivity index (χ1) is 12.7. The van der Waals surface area contributed by atoms with Gasteiger partial charge in [0.2, 0.25) is 0 Å². The number of ether oxygens (including phenoxy) is 1. The lowest BCUT2D eigenvalue weighted by molar-refractivity contribution is 0.0698. The van der Waals surface area contributed by atoms with Gasteiger partial charge in [-0.2, -0.15) is 0 Å². The number of methoxy groups -OCH3 is 1. The van der Waals surface area contributed by atoms with E-state index in [2.05, 4.69) is 5.32 Å². The molecule has 0 unspecified atom stereocenters. The molecular formula is C21H24N2O3. The van der Waals surface area contributed by atoms with E-state index >= 15 is 0 Å². The Bertz CT molecular complexity index is 736. The zero-order valence-electron chi connectivity index (χ0n) is 15.0. The Hall–Kier alpha value is -2.66. The highest BCUT2D eigenvalue weighted by Crippen LogP contribution is 2.15. The van der Waals surface area contributed by atoms with Crippen LogP contribution in [0.3, 0.4) is 0 Å². The van der Waals surface area contributed by atoms with Gasteiger partial charge in [0.05, 0.1) is 6.61 Å². The van der Waals surface area contributed by atoms with Crippen LogP contribution in [0.4, 0.5) is 0 Å². The van der Waals surface area contributed by atoms with Crippen LogP contribution in [0.5, 0.6) is 0 Å². The van der Waals surface area contributed by atoms with Gasteiger partial charge in [-0.1, -0.05) is 30.3 Å². The molecule has 0 aliphatic carbocycles. The summed E-state index contributed by atoms with van der Waals surface area (Å²) in [7, 11) is 1.65. The van der Waals surface area contributed by atoms with E-state index in [1.165, 1.54) is 0 Å². The molecule has 0 radical (unpaired) electrons. The van der Waals surface area contributed by atoms with Gasteiger partial charge in [-0.15, -0.1) is 0 Å². The lowest BCUT2D eigenvalue weighted by Crippen LogP contribution is -2.46. The number of likely N-dealkylation sites (tertiary alicyclic amines) is 1. The zero-order valence-corrected chi connectivity index (χ0v) is 15.0. The molecule has 0 spiro atoms. The second-order valence-corrected chi connectivity index (χ2v) is 6.54. The Balaban J connectivity index is 1.51. The van der Waals surface area contributed by atoms with Crippen molar-refractivity contribution < 1.29 is 14.3 Å². The maximum absolute atomic E-state index is 12.6. The lowest BCUT2D eigenvalue weighted by Gasteiger charge is -2.32. The Morgan fingerprint density at radius 2 is 1.65 bits per heavy atom. The summed E-state index contributed by atoms with van der Waals surface area (Å²) >= 11 is 0. The van der Waals surface area contributed by atoms with E-state index in [1.807, 2.05) is 47.4 Å². The standard InChI is InChI=1S/C21H24N2O3/c1-26-15-16-7-9-18(10-8-16)21(25)23-13-11-19(12-14-23)22-20(24)17-5-3-2-4-6-17/h2-10,19H,11-15H2,1H3,(H,22,24). The van der Waals surface area contributed by atoms with Crippen molar-refractivity contribution in [2.45, 2.75) is 25.5 Å². The van der Waals surface area contributed by atoms with Crippen LogP contribution in [0, 0.1) is 0 Å². The van der Waals surface area contributed by atoms with Crippen molar-refractivity contribution >= 4 is 11.8 Å². The maximum atomic E-state index is 12.6. The fourth-order valence-electron chi connectivity index (χ4n) is 3.18. The van der Waals surface area contributed by atoms with Gasteiger partial charge >= 0.3 is 0 Å². The number of piperidine rings is 1. The van der Waals surface area contributed by atoms with Crippen LogP contribution in [-0.4, -0.2) is 43.0 Å². The summed E-state index contributed by atoms with van der Waals surface area (Å²) in [5, 5.41) is 3.07. The molecule has 1 fully saturated rings. The van der Waals surface area contributed by atoms with Crippen molar-refractivity contribution in [3.05, 3.63) is 71.3 Å². The van der Waals surface area contributed by atoms with Gasteiger partial charge in [0, 0.05) is 37.4 Å². The van der Waals surface area contributed by atoms with E-state index in [9.17, 15) is 9.59 Å². The number of nitrogens with one attached hydrogen (secondary N) is 1. The van der Waals surface area contributed by atoms with Crippen LogP contribution in [0.25, 0.3) is 0 Å². The number of nitrogens with zero attached hydrogens (tertiary/aromatic N) is 1.